The van der Waals surface area contributed by atoms with Gasteiger partial charge < -0.3 is 9.84 Å². The molecule has 1 rings (SSSR count). The van der Waals surface area contributed by atoms with Crippen LogP contribution in [0.2, 0.25) is 0 Å². The number of nitrogens with one attached hydrogen (secondary N) is 1. The first-order valence-corrected chi connectivity index (χ1v) is 9.04. The molecule has 128 valence electrons. The second kappa shape index (κ2) is 8.44. The minimum absolute atomic E-state index is 0.0382. The molecular formula is C13H24N2O6S. The van der Waals surface area contributed by atoms with Gasteiger partial charge in [-0.3, -0.25) is 14.5 Å². The highest BCUT2D eigenvalue weighted by molar-refractivity contribution is 7.89. The number of esters is 1. The molecule has 2 N–H and O–H groups in total. The molecule has 1 saturated carbocycles. The van der Waals surface area contributed by atoms with Gasteiger partial charge in [-0.05, 0) is 26.3 Å². The van der Waals surface area contributed by atoms with Crippen molar-refractivity contribution in [3.8, 4) is 0 Å². The smallest absolute Gasteiger partial charge is 0.317 e. The quantitative estimate of drug-likeness (QED) is 0.531. The SMILES string of the molecule is CCOC(=O)CCS(=O)(=O)NC1CC(N(CC)CC(=O)O)C1. The minimum Gasteiger partial charge on any atom is -0.480 e. The van der Waals surface area contributed by atoms with Crippen molar-refractivity contribution in [2.24, 2.45) is 0 Å². The van der Waals surface area contributed by atoms with E-state index in [1.165, 1.54) is 0 Å². The lowest BCUT2D eigenvalue weighted by Gasteiger charge is -2.42. The van der Waals surface area contributed by atoms with Crippen molar-refractivity contribution in [3.63, 3.8) is 0 Å². The Morgan fingerprint density at radius 3 is 2.45 bits per heavy atom. The van der Waals surface area contributed by atoms with Crippen molar-refractivity contribution in [1.82, 2.24) is 9.62 Å². The Morgan fingerprint density at radius 2 is 1.95 bits per heavy atom. The molecule has 0 unspecified atom stereocenters. The van der Waals surface area contributed by atoms with Crippen molar-refractivity contribution in [3.05, 3.63) is 0 Å². The molecule has 0 radical (unpaired) electrons. The Balaban J connectivity index is 2.34. The lowest BCUT2D eigenvalue weighted by Crippen LogP contribution is -2.55. The molecule has 0 amide bonds. The zero-order chi connectivity index (χ0) is 16.8. The molecule has 0 aliphatic heterocycles. The second-order valence-electron chi connectivity index (χ2n) is 5.27. The number of carbonyl (C=O) groups excluding carboxylic acids is 1. The second-order valence-corrected chi connectivity index (χ2v) is 7.14. The number of aliphatic carboxylic acids is 1. The van der Waals surface area contributed by atoms with Crippen molar-refractivity contribution in [2.75, 3.05) is 25.4 Å². The maximum atomic E-state index is 11.8. The van der Waals surface area contributed by atoms with E-state index in [0.29, 0.717) is 19.4 Å². The first kappa shape index (κ1) is 18.9. The van der Waals surface area contributed by atoms with Crippen LogP contribution >= 0.6 is 0 Å². The third-order valence-corrected chi connectivity index (χ3v) is 5.03. The Hall–Kier alpha value is -1.19. The summed E-state index contributed by atoms with van der Waals surface area (Å²) in [6.07, 6.45) is 0.999. The molecule has 8 nitrogen and oxygen atoms in total. The molecule has 0 saturated heterocycles. The number of ether oxygens (including phenoxy) is 1. The van der Waals surface area contributed by atoms with E-state index in [2.05, 4.69) is 9.46 Å². The highest BCUT2D eigenvalue weighted by Crippen LogP contribution is 2.26. The zero-order valence-electron chi connectivity index (χ0n) is 12.9. The molecule has 0 aromatic heterocycles. The number of rotatable bonds is 10. The van der Waals surface area contributed by atoms with Crippen LogP contribution in [0.25, 0.3) is 0 Å². The van der Waals surface area contributed by atoms with Crippen molar-refractivity contribution >= 4 is 22.0 Å². The lowest BCUT2D eigenvalue weighted by atomic mass is 9.86. The predicted octanol–water partition coefficient (Wildman–Crippen LogP) is -0.203. The fourth-order valence-corrected chi connectivity index (χ4v) is 3.67. The Morgan fingerprint density at radius 1 is 1.32 bits per heavy atom. The van der Waals surface area contributed by atoms with Crippen LogP contribution in [0.15, 0.2) is 0 Å². The normalized spacial score (nSPS) is 21.4. The standard InChI is InChI=1S/C13H24N2O6S/c1-3-15(9-12(16)17)11-7-10(8-11)14-22(19,20)6-5-13(18)21-4-2/h10-11,14H,3-9H2,1-2H3,(H,16,17). The molecule has 0 bridgehead atoms. The summed E-state index contributed by atoms with van der Waals surface area (Å²) in [5, 5.41) is 8.80. The number of hydrogen-bond donors (Lipinski definition) is 2. The van der Waals surface area contributed by atoms with E-state index in [9.17, 15) is 18.0 Å². The average Bonchev–Trinajstić information content (AvgIpc) is 2.38. The van der Waals surface area contributed by atoms with Gasteiger partial charge in [0.2, 0.25) is 10.0 Å². The van der Waals surface area contributed by atoms with Crippen LogP contribution in [0.5, 0.6) is 0 Å². The van der Waals surface area contributed by atoms with Crippen LogP contribution in [0.1, 0.15) is 33.1 Å². The maximum Gasteiger partial charge on any atom is 0.317 e. The van der Waals surface area contributed by atoms with Crippen molar-refractivity contribution < 1.29 is 27.9 Å². The molecule has 0 aromatic carbocycles. The molecule has 0 spiro atoms. The summed E-state index contributed by atoms with van der Waals surface area (Å²) in [5.74, 6) is -1.71. The third kappa shape index (κ3) is 6.29. The van der Waals surface area contributed by atoms with Gasteiger partial charge in [0.15, 0.2) is 0 Å². The van der Waals surface area contributed by atoms with Crippen molar-refractivity contribution in [1.29, 1.82) is 0 Å². The monoisotopic (exact) mass is 336 g/mol. The van der Waals surface area contributed by atoms with E-state index >= 15 is 0 Å². The Labute approximate surface area is 130 Å². The van der Waals surface area contributed by atoms with Gasteiger partial charge in [0, 0.05) is 12.1 Å². The first-order chi connectivity index (χ1) is 10.3. The van der Waals surface area contributed by atoms with Gasteiger partial charge in [-0.25, -0.2) is 13.1 Å². The van der Waals surface area contributed by atoms with Gasteiger partial charge in [-0.1, -0.05) is 6.92 Å². The molecule has 1 aliphatic rings. The van der Waals surface area contributed by atoms with Gasteiger partial charge in [-0.2, -0.15) is 0 Å². The summed E-state index contributed by atoms with van der Waals surface area (Å²) in [6.45, 7) is 4.34. The molecule has 0 heterocycles. The first-order valence-electron chi connectivity index (χ1n) is 7.38. The van der Waals surface area contributed by atoms with Crippen LogP contribution in [0.4, 0.5) is 0 Å². The number of carboxylic acids is 1. The van der Waals surface area contributed by atoms with Gasteiger partial charge in [0.05, 0.1) is 25.3 Å². The van der Waals surface area contributed by atoms with Gasteiger partial charge in [0.1, 0.15) is 0 Å². The summed E-state index contributed by atoms with van der Waals surface area (Å²) in [4.78, 5) is 23.7. The molecular weight excluding hydrogens is 312 g/mol. The van der Waals surface area contributed by atoms with Crippen molar-refractivity contribution in [2.45, 2.75) is 45.2 Å². The van der Waals surface area contributed by atoms with Gasteiger partial charge in [-0.15, -0.1) is 0 Å². The van der Waals surface area contributed by atoms with E-state index in [1.807, 2.05) is 11.8 Å². The fourth-order valence-electron chi connectivity index (χ4n) is 2.42. The van der Waals surface area contributed by atoms with Crippen LogP contribution in [-0.4, -0.2) is 67.9 Å². The number of carboxylic acid groups (broad SMARTS) is 1. The number of nitrogens with zero attached hydrogens (tertiary/aromatic N) is 1. The molecule has 1 aliphatic carbocycles. The number of sulfonamides is 1. The summed E-state index contributed by atoms with van der Waals surface area (Å²) in [7, 11) is -3.52. The zero-order valence-corrected chi connectivity index (χ0v) is 13.8. The van der Waals surface area contributed by atoms with E-state index < -0.39 is 22.0 Å². The molecule has 0 atom stereocenters. The lowest BCUT2D eigenvalue weighted by molar-refractivity contribution is -0.142. The largest absolute Gasteiger partial charge is 0.480 e. The van der Waals surface area contributed by atoms with Gasteiger partial charge in [0.25, 0.3) is 0 Å². The van der Waals surface area contributed by atoms with Crippen LogP contribution in [0.3, 0.4) is 0 Å². The van der Waals surface area contributed by atoms with E-state index in [0.717, 1.165) is 0 Å². The summed E-state index contributed by atoms with van der Waals surface area (Å²) in [6, 6.07) is -0.112. The predicted molar refractivity (Wildman–Crippen MR) is 79.9 cm³/mol. The van der Waals surface area contributed by atoms with Crippen LogP contribution < -0.4 is 4.72 Å². The summed E-state index contributed by atoms with van der Waals surface area (Å²) in [5.41, 5.74) is 0. The molecule has 1 fully saturated rings. The molecule has 9 heteroatoms. The summed E-state index contributed by atoms with van der Waals surface area (Å²) < 4.78 is 30.9. The van der Waals surface area contributed by atoms with Crippen LogP contribution in [0, 0.1) is 0 Å². The number of carbonyl (C=O) groups is 2. The van der Waals surface area contributed by atoms with E-state index in [1.54, 1.807) is 6.92 Å². The Kier molecular flexibility index (Phi) is 7.24. The maximum absolute atomic E-state index is 11.8. The molecule has 22 heavy (non-hydrogen) atoms. The topological polar surface area (TPSA) is 113 Å². The Bertz CT molecular complexity index is 487. The van der Waals surface area contributed by atoms with Gasteiger partial charge >= 0.3 is 11.9 Å². The number of likely N-dealkylation sites (N-methyl/N-ethyl adjacent to an activating group) is 1. The van der Waals surface area contributed by atoms with E-state index in [-0.39, 0.29) is 37.4 Å². The highest BCUT2D eigenvalue weighted by atomic mass is 32.2. The highest BCUT2D eigenvalue weighted by Gasteiger charge is 2.35. The van der Waals surface area contributed by atoms with Crippen LogP contribution in [-0.2, 0) is 24.3 Å². The average molecular weight is 336 g/mol. The third-order valence-electron chi connectivity index (χ3n) is 3.60. The number of hydrogen-bond acceptors (Lipinski definition) is 6. The fraction of sp³-hybridized carbons (Fsp3) is 0.846. The van der Waals surface area contributed by atoms with E-state index in [4.69, 9.17) is 5.11 Å². The molecule has 0 aromatic rings. The minimum atomic E-state index is -3.52. The summed E-state index contributed by atoms with van der Waals surface area (Å²) >= 11 is 0.